The summed E-state index contributed by atoms with van der Waals surface area (Å²) in [7, 11) is 1.48. The molecule has 2 heterocycles. The normalized spacial score (nSPS) is 14.2. The lowest BCUT2D eigenvalue weighted by Gasteiger charge is -2.19. The van der Waals surface area contributed by atoms with E-state index in [-0.39, 0.29) is 31.0 Å². The third kappa shape index (κ3) is 3.88. The third-order valence-electron chi connectivity index (χ3n) is 2.77. The van der Waals surface area contributed by atoms with Crippen LogP contribution in [0.25, 0.3) is 0 Å². The summed E-state index contributed by atoms with van der Waals surface area (Å²) in [6.45, 7) is 1.55. The first-order valence-electron chi connectivity index (χ1n) is 6.29. The van der Waals surface area contributed by atoms with Gasteiger partial charge in [-0.2, -0.15) is 5.10 Å². The second-order valence-corrected chi connectivity index (χ2v) is 4.63. The maximum Gasteiger partial charge on any atom is 0.270 e. The molecule has 0 bridgehead atoms. The highest BCUT2D eigenvalue weighted by Crippen LogP contribution is 2.07. The molecule has 9 heteroatoms. The molecule has 112 valence electrons. The van der Waals surface area contributed by atoms with Crippen LogP contribution in [0.15, 0.2) is 15.7 Å². The number of nitrogens with one attached hydrogen (secondary N) is 2. The van der Waals surface area contributed by atoms with Gasteiger partial charge in [-0.15, -0.1) is 0 Å². The highest BCUT2D eigenvalue weighted by Gasteiger charge is 2.22. The predicted molar refractivity (Wildman–Crippen MR) is 72.3 cm³/mol. The molecule has 0 unspecified atom stereocenters. The molecule has 1 aliphatic heterocycles. The predicted octanol–water partition coefficient (Wildman–Crippen LogP) is -0.354. The van der Waals surface area contributed by atoms with Crippen LogP contribution in [0.5, 0.6) is 0 Å². The van der Waals surface area contributed by atoms with Crippen molar-refractivity contribution < 1.29 is 18.9 Å². The topological polar surface area (TPSA) is 117 Å². The summed E-state index contributed by atoms with van der Waals surface area (Å²) in [5, 5.41) is 9.83. The Bertz CT molecular complexity index is 607. The molecule has 0 fully saturated rings. The van der Waals surface area contributed by atoms with Gasteiger partial charge in [0.05, 0.1) is 6.54 Å². The van der Waals surface area contributed by atoms with Crippen LogP contribution in [0.4, 0.5) is 5.82 Å². The van der Waals surface area contributed by atoms with Crippen molar-refractivity contribution in [3.63, 3.8) is 0 Å². The van der Waals surface area contributed by atoms with E-state index in [9.17, 15) is 14.4 Å². The molecule has 9 nitrogen and oxygen atoms in total. The van der Waals surface area contributed by atoms with E-state index in [0.29, 0.717) is 11.6 Å². The number of rotatable bonds is 4. The summed E-state index contributed by atoms with van der Waals surface area (Å²) >= 11 is 0. The zero-order chi connectivity index (χ0) is 15.4. The molecule has 3 amide bonds. The van der Waals surface area contributed by atoms with Gasteiger partial charge in [0.1, 0.15) is 11.5 Å². The molecular weight excluding hydrogens is 278 g/mol. The summed E-state index contributed by atoms with van der Waals surface area (Å²) in [6, 6.07) is 1.57. The van der Waals surface area contributed by atoms with Gasteiger partial charge in [-0.25, -0.2) is 5.43 Å². The fourth-order valence-corrected chi connectivity index (χ4v) is 1.74. The van der Waals surface area contributed by atoms with Crippen molar-refractivity contribution in [1.82, 2.24) is 15.5 Å². The van der Waals surface area contributed by atoms with Crippen LogP contribution in [0, 0.1) is 6.92 Å². The number of amides is 3. The van der Waals surface area contributed by atoms with Gasteiger partial charge in [-0.3, -0.25) is 14.4 Å². The average Bonchev–Trinajstić information content (AvgIpc) is 2.83. The van der Waals surface area contributed by atoms with Gasteiger partial charge in [-0.05, 0) is 6.92 Å². The van der Waals surface area contributed by atoms with Gasteiger partial charge in [0.2, 0.25) is 11.8 Å². The summed E-state index contributed by atoms with van der Waals surface area (Å²) in [4.78, 5) is 36.0. The van der Waals surface area contributed by atoms with Gasteiger partial charge in [0.15, 0.2) is 5.82 Å². The van der Waals surface area contributed by atoms with Gasteiger partial charge in [0.25, 0.3) is 5.91 Å². The number of hydrogen-bond donors (Lipinski definition) is 2. The number of nitrogens with zero attached hydrogens (tertiary/aromatic N) is 3. The third-order valence-corrected chi connectivity index (χ3v) is 2.77. The smallest absolute Gasteiger partial charge is 0.270 e. The number of carbonyl (C=O) groups excluding carboxylic acids is 3. The molecule has 0 aromatic carbocycles. The van der Waals surface area contributed by atoms with Crippen LogP contribution >= 0.6 is 0 Å². The molecule has 21 heavy (non-hydrogen) atoms. The molecule has 0 aliphatic carbocycles. The van der Waals surface area contributed by atoms with Gasteiger partial charge in [0, 0.05) is 26.0 Å². The largest absolute Gasteiger partial charge is 0.360 e. The standard InChI is InChI=1S/C12H15N5O4/c1-7-5-9(16-21-7)13-11(19)6-17(2)12(20)8-3-4-10(18)15-14-8/h5H,3-4,6H2,1-2H3,(H,15,18)(H,13,16,19). The van der Waals surface area contributed by atoms with Crippen molar-refractivity contribution in [1.29, 1.82) is 0 Å². The first kappa shape index (κ1) is 14.7. The lowest BCUT2D eigenvalue weighted by atomic mass is 10.1. The SMILES string of the molecule is Cc1cc(NC(=O)CN(C)C(=O)C2=NNC(=O)CC2)no1. The molecule has 0 spiro atoms. The Morgan fingerprint density at radius 1 is 1.48 bits per heavy atom. The average molecular weight is 293 g/mol. The Balaban J connectivity index is 1.88. The first-order chi connectivity index (χ1) is 9.95. The van der Waals surface area contributed by atoms with Crippen LogP contribution in [-0.2, 0) is 14.4 Å². The van der Waals surface area contributed by atoms with Crippen LogP contribution < -0.4 is 10.7 Å². The minimum atomic E-state index is -0.403. The second-order valence-electron chi connectivity index (χ2n) is 4.63. The molecule has 0 saturated heterocycles. The Morgan fingerprint density at radius 2 is 2.24 bits per heavy atom. The number of likely N-dealkylation sites (N-methyl/N-ethyl adjacent to an activating group) is 1. The molecular formula is C12H15N5O4. The van der Waals surface area contributed by atoms with Crippen LogP contribution in [0.3, 0.4) is 0 Å². The summed E-state index contributed by atoms with van der Waals surface area (Å²) in [5.41, 5.74) is 2.47. The summed E-state index contributed by atoms with van der Waals surface area (Å²) < 4.78 is 4.82. The van der Waals surface area contributed by atoms with Crippen LogP contribution in [0.1, 0.15) is 18.6 Å². The van der Waals surface area contributed by atoms with E-state index in [1.165, 1.54) is 11.9 Å². The van der Waals surface area contributed by atoms with Crippen LogP contribution in [0.2, 0.25) is 0 Å². The van der Waals surface area contributed by atoms with E-state index in [1.807, 2.05) is 0 Å². The minimum Gasteiger partial charge on any atom is -0.360 e. The van der Waals surface area contributed by atoms with Crippen molar-refractivity contribution in [3.05, 3.63) is 11.8 Å². The van der Waals surface area contributed by atoms with E-state index in [0.717, 1.165) is 0 Å². The lowest BCUT2D eigenvalue weighted by molar-refractivity contribution is -0.128. The molecule has 1 aromatic heterocycles. The second kappa shape index (κ2) is 6.16. The number of hydrazone groups is 1. The van der Waals surface area contributed by atoms with Gasteiger partial charge < -0.3 is 14.7 Å². The van der Waals surface area contributed by atoms with Crippen molar-refractivity contribution in [2.45, 2.75) is 19.8 Å². The quantitative estimate of drug-likeness (QED) is 0.786. The van der Waals surface area contributed by atoms with Gasteiger partial charge in [-0.1, -0.05) is 5.16 Å². The van der Waals surface area contributed by atoms with E-state index in [2.05, 4.69) is 21.0 Å². The zero-order valence-electron chi connectivity index (χ0n) is 11.7. The van der Waals surface area contributed by atoms with E-state index >= 15 is 0 Å². The molecule has 0 radical (unpaired) electrons. The van der Waals surface area contributed by atoms with Crippen molar-refractivity contribution in [2.75, 3.05) is 18.9 Å². The molecule has 2 N–H and O–H groups in total. The van der Waals surface area contributed by atoms with Gasteiger partial charge >= 0.3 is 0 Å². The Hall–Kier alpha value is -2.71. The molecule has 1 aliphatic rings. The zero-order valence-corrected chi connectivity index (χ0v) is 11.7. The van der Waals surface area contributed by atoms with E-state index < -0.39 is 11.8 Å². The molecule has 0 atom stereocenters. The summed E-state index contributed by atoms with van der Waals surface area (Å²) in [5.74, 6) is -0.169. The monoisotopic (exact) mass is 293 g/mol. The maximum absolute atomic E-state index is 12.0. The number of hydrogen-bond acceptors (Lipinski definition) is 6. The number of aromatic nitrogens is 1. The molecule has 1 aromatic rings. The highest BCUT2D eigenvalue weighted by atomic mass is 16.5. The van der Waals surface area contributed by atoms with E-state index in [1.54, 1.807) is 13.0 Å². The first-order valence-corrected chi connectivity index (χ1v) is 6.29. The summed E-state index contributed by atoms with van der Waals surface area (Å²) in [6.07, 6.45) is 0.474. The fraction of sp³-hybridized carbons (Fsp3) is 0.417. The lowest BCUT2D eigenvalue weighted by Crippen LogP contribution is -2.41. The maximum atomic E-state index is 12.0. The number of aryl methyl sites for hydroxylation is 1. The van der Waals surface area contributed by atoms with Crippen molar-refractivity contribution in [3.8, 4) is 0 Å². The van der Waals surface area contributed by atoms with Crippen LogP contribution in [-0.4, -0.2) is 47.1 Å². The van der Waals surface area contributed by atoms with Crippen molar-refractivity contribution >= 4 is 29.3 Å². The fourth-order valence-electron chi connectivity index (χ4n) is 1.74. The Kier molecular flexibility index (Phi) is 4.31. The van der Waals surface area contributed by atoms with E-state index in [4.69, 9.17) is 4.52 Å². The molecule has 0 saturated carbocycles. The molecule has 2 rings (SSSR count). The highest BCUT2D eigenvalue weighted by molar-refractivity contribution is 6.39. The minimum absolute atomic E-state index is 0.155. The Morgan fingerprint density at radius 3 is 2.81 bits per heavy atom. The Labute approximate surface area is 120 Å². The number of anilines is 1. The number of carbonyl (C=O) groups is 3. The van der Waals surface area contributed by atoms with Crippen molar-refractivity contribution in [2.24, 2.45) is 5.10 Å².